The van der Waals surface area contributed by atoms with Gasteiger partial charge in [0.1, 0.15) is 17.3 Å². The first-order valence-electron chi connectivity index (χ1n) is 12.5. The Balaban J connectivity index is 1.54. The summed E-state index contributed by atoms with van der Waals surface area (Å²) in [6.45, 7) is 3.24. The number of carbonyl (C=O) groups excluding carboxylic acids is 1. The molecule has 1 aliphatic rings. The zero-order chi connectivity index (χ0) is 26.7. The van der Waals surface area contributed by atoms with Gasteiger partial charge in [-0.05, 0) is 49.9 Å². The molecule has 2 aromatic carbocycles. The van der Waals surface area contributed by atoms with Gasteiger partial charge >= 0.3 is 6.18 Å². The lowest BCUT2D eigenvalue weighted by Crippen LogP contribution is -2.35. The van der Waals surface area contributed by atoms with E-state index in [1.807, 2.05) is 37.3 Å². The van der Waals surface area contributed by atoms with E-state index < -0.39 is 11.7 Å². The number of alkyl halides is 3. The van der Waals surface area contributed by atoms with Gasteiger partial charge in [-0.2, -0.15) is 18.2 Å². The van der Waals surface area contributed by atoms with Crippen molar-refractivity contribution in [3.8, 4) is 17.2 Å². The minimum absolute atomic E-state index is 0.0894. The largest absolute Gasteiger partial charge is 0.416 e. The summed E-state index contributed by atoms with van der Waals surface area (Å²) in [5, 5.41) is 3.26. The molecule has 1 aliphatic heterocycles. The van der Waals surface area contributed by atoms with E-state index in [0.717, 1.165) is 37.0 Å². The van der Waals surface area contributed by atoms with Crippen LogP contribution in [0.2, 0.25) is 0 Å². The Morgan fingerprint density at radius 1 is 0.974 bits per heavy atom. The molecule has 1 fully saturated rings. The minimum Gasteiger partial charge on any atom is -0.348 e. The molecule has 2 aromatic heterocycles. The maximum atomic E-state index is 13.5. The Morgan fingerprint density at radius 3 is 2.47 bits per heavy atom. The van der Waals surface area contributed by atoms with Crippen molar-refractivity contribution in [2.45, 2.75) is 38.4 Å². The Bertz CT molecular complexity index is 1410. The third kappa shape index (κ3) is 5.53. The molecule has 0 radical (unpaired) electrons. The fourth-order valence-corrected chi connectivity index (χ4v) is 4.53. The summed E-state index contributed by atoms with van der Waals surface area (Å²) >= 11 is 0. The highest BCUT2D eigenvalue weighted by molar-refractivity contribution is 5.93. The normalized spacial score (nSPS) is 14.8. The van der Waals surface area contributed by atoms with Gasteiger partial charge in [0.05, 0.1) is 11.6 Å². The lowest BCUT2D eigenvalue weighted by atomic mass is 10.1. The molecule has 38 heavy (non-hydrogen) atoms. The van der Waals surface area contributed by atoms with Gasteiger partial charge in [0.25, 0.3) is 5.91 Å². The van der Waals surface area contributed by atoms with Crippen molar-refractivity contribution >= 4 is 11.9 Å². The van der Waals surface area contributed by atoms with Gasteiger partial charge < -0.3 is 10.2 Å². The molecule has 0 aliphatic carbocycles. The quantitative estimate of drug-likeness (QED) is 0.330. The number of nitrogens with zero attached hydrogens (tertiary/aromatic N) is 5. The number of carbonyl (C=O) groups is 1. The van der Waals surface area contributed by atoms with Crippen molar-refractivity contribution in [2.75, 3.05) is 18.4 Å². The number of hydrogen-bond acceptors (Lipinski definition) is 5. The Morgan fingerprint density at radius 2 is 1.74 bits per heavy atom. The van der Waals surface area contributed by atoms with Crippen LogP contribution in [0.1, 0.15) is 53.8 Å². The van der Waals surface area contributed by atoms with Crippen LogP contribution >= 0.6 is 0 Å². The second-order valence-corrected chi connectivity index (χ2v) is 9.27. The molecule has 1 atom stereocenters. The molecule has 1 unspecified atom stereocenters. The molecular formula is C28H27F3N6O. The summed E-state index contributed by atoms with van der Waals surface area (Å²) in [6.07, 6.45) is 1.47. The summed E-state index contributed by atoms with van der Waals surface area (Å²) < 4.78 is 42.0. The predicted molar refractivity (Wildman–Crippen MR) is 138 cm³/mol. The highest BCUT2D eigenvalue weighted by Crippen LogP contribution is 2.33. The Kier molecular flexibility index (Phi) is 7.13. The lowest BCUT2D eigenvalue weighted by Gasteiger charge is -2.25. The van der Waals surface area contributed by atoms with Gasteiger partial charge in [0, 0.05) is 31.0 Å². The Hall–Kier alpha value is -4.21. The van der Waals surface area contributed by atoms with Crippen LogP contribution in [0.3, 0.4) is 0 Å². The van der Waals surface area contributed by atoms with Crippen LogP contribution in [-0.4, -0.2) is 43.4 Å². The number of hydrogen-bond donors (Lipinski definition) is 1. The summed E-state index contributed by atoms with van der Waals surface area (Å²) in [6, 6.07) is 16.3. The number of anilines is 1. The van der Waals surface area contributed by atoms with Crippen LogP contribution in [0.5, 0.6) is 0 Å². The van der Waals surface area contributed by atoms with Gasteiger partial charge in [-0.1, -0.05) is 42.5 Å². The molecule has 7 nitrogen and oxygen atoms in total. The van der Waals surface area contributed by atoms with E-state index >= 15 is 0 Å². The fraction of sp³-hybridized carbons (Fsp3) is 0.286. The van der Waals surface area contributed by atoms with E-state index in [1.54, 1.807) is 34.0 Å². The summed E-state index contributed by atoms with van der Waals surface area (Å²) in [5.41, 5.74) is 0.631. The average Bonchev–Trinajstić information content (AvgIpc) is 3.39. The maximum Gasteiger partial charge on any atom is 0.416 e. The minimum atomic E-state index is -4.51. The first kappa shape index (κ1) is 25.4. The van der Waals surface area contributed by atoms with E-state index in [2.05, 4.69) is 20.3 Å². The SMILES string of the molecule is CC(Nc1nccc(-n2cc(C(=O)N3CCCCC3)nc2-c2cccc(C(F)(F)F)c2)n1)c1ccccc1. The van der Waals surface area contributed by atoms with Crippen LogP contribution in [0.4, 0.5) is 19.1 Å². The maximum absolute atomic E-state index is 13.5. The second kappa shape index (κ2) is 10.6. The number of nitrogens with one attached hydrogen (secondary N) is 1. The van der Waals surface area contributed by atoms with Gasteiger partial charge in [-0.25, -0.2) is 9.97 Å². The van der Waals surface area contributed by atoms with Crippen molar-refractivity contribution in [3.63, 3.8) is 0 Å². The summed E-state index contributed by atoms with van der Waals surface area (Å²) in [7, 11) is 0. The molecule has 4 aromatic rings. The molecule has 0 saturated carbocycles. The monoisotopic (exact) mass is 520 g/mol. The number of piperidine rings is 1. The van der Waals surface area contributed by atoms with E-state index in [1.165, 1.54) is 6.07 Å². The van der Waals surface area contributed by atoms with Crippen LogP contribution in [0.15, 0.2) is 73.1 Å². The zero-order valence-corrected chi connectivity index (χ0v) is 20.8. The van der Waals surface area contributed by atoms with Gasteiger partial charge in [-0.15, -0.1) is 0 Å². The third-order valence-corrected chi connectivity index (χ3v) is 6.55. The third-order valence-electron chi connectivity index (χ3n) is 6.55. The van der Waals surface area contributed by atoms with E-state index in [9.17, 15) is 18.0 Å². The molecule has 0 bridgehead atoms. The van der Waals surface area contributed by atoms with E-state index in [-0.39, 0.29) is 29.0 Å². The number of likely N-dealkylation sites (tertiary alicyclic amines) is 1. The molecular weight excluding hydrogens is 493 g/mol. The first-order chi connectivity index (χ1) is 18.3. The topological polar surface area (TPSA) is 75.9 Å². The number of amides is 1. The van der Waals surface area contributed by atoms with E-state index in [4.69, 9.17) is 0 Å². The molecule has 10 heteroatoms. The van der Waals surface area contributed by atoms with Crippen molar-refractivity contribution in [1.29, 1.82) is 0 Å². The highest BCUT2D eigenvalue weighted by Gasteiger charge is 2.31. The zero-order valence-electron chi connectivity index (χ0n) is 20.8. The molecule has 1 saturated heterocycles. The standard InChI is InChI=1S/C28H27F3N6O/c1-19(20-9-4-2-5-10-20)33-27-32-14-13-24(35-27)37-18-23(26(38)36-15-6-3-7-16-36)34-25(37)21-11-8-12-22(17-21)28(29,30)31/h2,4-5,8-14,17-19H,3,6-7,15-16H2,1H3,(H,32,33,35). The van der Waals surface area contributed by atoms with Crippen LogP contribution in [-0.2, 0) is 6.18 Å². The van der Waals surface area contributed by atoms with Gasteiger partial charge in [0.15, 0.2) is 0 Å². The van der Waals surface area contributed by atoms with Crippen LogP contribution in [0.25, 0.3) is 17.2 Å². The molecule has 0 spiro atoms. The van der Waals surface area contributed by atoms with Crippen LogP contribution < -0.4 is 5.32 Å². The lowest BCUT2D eigenvalue weighted by molar-refractivity contribution is -0.137. The smallest absolute Gasteiger partial charge is 0.348 e. The molecule has 3 heterocycles. The average molecular weight is 521 g/mol. The van der Waals surface area contributed by atoms with Gasteiger partial charge in [0.2, 0.25) is 5.95 Å². The molecule has 1 N–H and O–H groups in total. The molecule has 5 rings (SSSR count). The number of rotatable bonds is 6. The summed E-state index contributed by atoms with van der Waals surface area (Å²) in [5.74, 6) is 0.658. The van der Waals surface area contributed by atoms with Crippen molar-refractivity contribution in [2.24, 2.45) is 0 Å². The Labute approximate surface area is 218 Å². The predicted octanol–water partition coefficient (Wildman–Crippen LogP) is 6.15. The van der Waals surface area contributed by atoms with Crippen LogP contribution in [0, 0.1) is 0 Å². The fourth-order valence-electron chi connectivity index (χ4n) is 4.53. The number of aromatic nitrogens is 4. The number of halogens is 3. The number of imidazole rings is 1. The molecule has 1 amide bonds. The number of benzene rings is 2. The summed E-state index contributed by atoms with van der Waals surface area (Å²) in [4.78, 5) is 28.4. The first-order valence-corrected chi connectivity index (χ1v) is 12.5. The van der Waals surface area contributed by atoms with Gasteiger partial charge in [-0.3, -0.25) is 9.36 Å². The second-order valence-electron chi connectivity index (χ2n) is 9.27. The highest BCUT2D eigenvalue weighted by atomic mass is 19.4. The van der Waals surface area contributed by atoms with Crippen molar-refractivity contribution in [3.05, 3.63) is 89.9 Å². The van der Waals surface area contributed by atoms with Crippen molar-refractivity contribution < 1.29 is 18.0 Å². The van der Waals surface area contributed by atoms with E-state index in [0.29, 0.717) is 24.9 Å². The molecule has 196 valence electrons. The van der Waals surface area contributed by atoms with Crippen molar-refractivity contribution in [1.82, 2.24) is 24.4 Å².